The molecule has 16 heavy (non-hydrogen) atoms. The van der Waals surface area contributed by atoms with E-state index in [-0.39, 0.29) is 10.3 Å². The third-order valence-electron chi connectivity index (χ3n) is 2.73. The van der Waals surface area contributed by atoms with Crippen molar-refractivity contribution in [1.29, 1.82) is 0 Å². The average molecular weight is 304 g/mol. The van der Waals surface area contributed by atoms with Gasteiger partial charge in [0.05, 0.1) is 6.33 Å². The van der Waals surface area contributed by atoms with Gasteiger partial charge in [-0.25, -0.2) is 4.98 Å². The summed E-state index contributed by atoms with van der Waals surface area (Å²) in [5.74, 6) is 1.85. The number of hydrogen-bond donors (Lipinski definition) is 2. The molecule has 0 spiro atoms. The number of aromatic amines is 1. The van der Waals surface area contributed by atoms with Crippen molar-refractivity contribution in [2.24, 2.45) is 0 Å². The maximum Gasteiger partial charge on any atom is 0.267 e. The largest absolute Gasteiger partial charge is 0.368 e. The molecule has 2 N–H and O–H groups in total. The van der Waals surface area contributed by atoms with Gasteiger partial charge in [-0.2, -0.15) is 11.8 Å². The van der Waals surface area contributed by atoms with Gasteiger partial charge in [0.1, 0.15) is 10.3 Å². The van der Waals surface area contributed by atoms with Crippen LogP contribution < -0.4 is 10.9 Å². The first kappa shape index (κ1) is 12.0. The second-order valence-corrected chi connectivity index (χ2v) is 6.63. The van der Waals surface area contributed by atoms with Crippen LogP contribution in [-0.4, -0.2) is 27.0 Å². The maximum absolute atomic E-state index is 11.3. The summed E-state index contributed by atoms with van der Waals surface area (Å²) in [6.45, 7) is 3.09. The molecule has 0 aromatic carbocycles. The third kappa shape index (κ3) is 2.60. The van der Waals surface area contributed by atoms with Gasteiger partial charge in [0.2, 0.25) is 0 Å². The van der Waals surface area contributed by atoms with Crippen LogP contribution in [0, 0.1) is 0 Å². The molecule has 6 heteroatoms. The Morgan fingerprint density at radius 2 is 2.56 bits per heavy atom. The van der Waals surface area contributed by atoms with E-state index in [0.29, 0.717) is 10.3 Å². The van der Waals surface area contributed by atoms with Crippen LogP contribution in [0.4, 0.5) is 5.82 Å². The van der Waals surface area contributed by atoms with Crippen molar-refractivity contribution in [3.05, 3.63) is 21.2 Å². The number of nitrogens with zero attached hydrogens (tertiary/aromatic N) is 1. The summed E-state index contributed by atoms with van der Waals surface area (Å²) in [5, 5.41) is 3.24. The van der Waals surface area contributed by atoms with E-state index in [2.05, 4.69) is 38.1 Å². The molecule has 1 unspecified atom stereocenters. The molecule has 0 aliphatic carbocycles. The zero-order chi connectivity index (χ0) is 11.6. The minimum atomic E-state index is -0.151. The summed E-state index contributed by atoms with van der Waals surface area (Å²) >= 11 is 5.21. The van der Waals surface area contributed by atoms with Crippen molar-refractivity contribution in [3.8, 4) is 0 Å². The predicted octanol–water partition coefficient (Wildman–Crippen LogP) is 2.23. The summed E-state index contributed by atoms with van der Waals surface area (Å²) in [5.41, 5.74) is -0.151. The lowest BCUT2D eigenvalue weighted by Crippen LogP contribution is -2.28. The van der Waals surface area contributed by atoms with Crippen molar-refractivity contribution in [2.75, 3.05) is 17.6 Å². The highest BCUT2D eigenvalue weighted by atomic mass is 79.9. The molecule has 88 valence electrons. The molecule has 1 aliphatic rings. The Morgan fingerprint density at radius 3 is 3.25 bits per heavy atom. The Morgan fingerprint density at radius 1 is 1.75 bits per heavy atom. The predicted molar refractivity (Wildman–Crippen MR) is 71.1 cm³/mol. The zero-order valence-electron chi connectivity index (χ0n) is 9.05. The molecule has 1 aromatic rings. The highest BCUT2D eigenvalue weighted by Gasteiger charge is 2.29. The van der Waals surface area contributed by atoms with Crippen LogP contribution in [-0.2, 0) is 0 Å². The number of rotatable bonds is 3. The molecule has 1 fully saturated rings. The first-order valence-corrected chi connectivity index (χ1v) is 7.00. The van der Waals surface area contributed by atoms with Gasteiger partial charge in [-0.3, -0.25) is 4.79 Å². The van der Waals surface area contributed by atoms with Crippen molar-refractivity contribution >= 4 is 33.5 Å². The fourth-order valence-corrected chi connectivity index (χ4v) is 3.35. The van der Waals surface area contributed by atoms with Crippen LogP contribution in [0.2, 0.25) is 0 Å². The number of anilines is 1. The van der Waals surface area contributed by atoms with E-state index in [1.54, 1.807) is 0 Å². The number of hydrogen-bond acceptors (Lipinski definition) is 4. The quantitative estimate of drug-likeness (QED) is 0.899. The summed E-state index contributed by atoms with van der Waals surface area (Å²) in [6.07, 6.45) is 3.90. The third-order valence-corrected chi connectivity index (χ3v) is 5.00. The normalized spacial score (nSPS) is 24.6. The smallest absolute Gasteiger partial charge is 0.267 e. The molecular weight excluding hydrogens is 290 g/mol. The molecule has 1 aromatic heterocycles. The van der Waals surface area contributed by atoms with E-state index in [1.807, 2.05) is 11.8 Å². The molecule has 1 saturated heterocycles. The Balaban J connectivity index is 2.04. The number of thioether (sulfide) groups is 1. The molecular formula is C10H14BrN3OS. The van der Waals surface area contributed by atoms with Crippen molar-refractivity contribution in [2.45, 2.75) is 24.5 Å². The average Bonchev–Trinajstić information content (AvgIpc) is 2.68. The molecule has 0 saturated carbocycles. The van der Waals surface area contributed by atoms with Crippen LogP contribution >= 0.6 is 27.7 Å². The second kappa shape index (κ2) is 4.79. The highest BCUT2D eigenvalue weighted by molar-refractivity contribution is 9.10. The number of H-pyrrole nitrogens is 1. The van der Waals surface area contributed by atoms with Gasteiger partial charge in [0.15, 0.2) is 0 Å². The van der Waals surface area contributed by atoms with Crippen LogP contribution in [0.5, 0.6) is 0 Å². The van der Waals surface area contributed by atoms with Gasteiger partial charge in [0.25, 0.3) is 5.56 Å². The van der Waals surface area contributed by atoms with Crippen molar-refractivity contribution in [3.63, 3.8) is 0 Å². The molecule has 2 rings (SSSR count). The minimum absolute atomic E-state index is 0.151. The summed E-state index contributed by atoms with van der Waals surface area (Å²) in [7, 11) is 0. The summed E-state index contributed by atoms with van der Waals surface area (Å²) in [6, 6.07) is 0. The molecule has 1 atom stereocenters. The Labute approximate surface area is 107 Å². The number of aromatic nitrogens is 2. The summed E-state index contributed by atoms with van der Waals surface area (Å²) < 4.78 is 0.741. The fraction of sp³-hybridized carbons (Fsp3) is 0.600. The summed E-state index contributed by atoms with van der Waals surface area (Å²) in [4.78, 5) is 18.0. The van der Waals surface area contributed by atoms with E-state index in [4.69, 9.17) is 0 Å². The molecule has 2 heterocycles. The van der Waals surface area contributed by atoms with Gasteiger partial charge in [-0.05, 0) is 41.4 Å². The lowest BCUT2D eigenvalue weighted by molar-refractivity contribution is 0.633. The Bertz CT molecular complexity index is 428. The Kier molecular flexibility index (Phi) is 3.59. The van der Waals surface area contributed by atoms with Gasteiger partial charge < -0.3 is 10.3 Å². The molecule has 1 aliphatic heterocycles. The van der Waals surface area contributed by atoms with Crippen LogP contribution in [0.3, 0.4) is 0 Å². The molecule has 0 radical (unpaired) electrons. The molecule has 0 bridgehead atoms. The van der Waals surface area contributed by atoms with E-state index in [1.165, 1.54) is 24.9 Å². The van der Waals surface area contributed by atoms with E-state index < -0.39 is 0 Å². The zero-order valence-corrected chi connectivity index (χ0v) is 11.4. The van der Waals surface area contributed by atoms with E-state index in [0.717, 1.165) is 6.54 Å². The molecule has 0 amide bonds. The SMILES string of the molecule is CC1(CNc2nc[nH]c(=O)c2Br)CCCS1. The number of halogens is 1. The lowest BCUT2D eigenvalue weighted by Gasteiger charge is -2.23. The Hall–Kier alpha value is -0.490. The minimum Gasteiger partial charge on any atom is -0.368 e. The maximum atomic E-state index is 11.3. The van der Waals surface area contributed by atoms with Crippen molar-refractivity contribution < 1.29 is 0 Å². The standard InChI is InChI=1S/C10H14BrN3OS/c1-10(3-2-4-16-10)5-12-8-7(11)9(15)14-6-13-8/h6H,2-5H2,1H3,(H2,12,13,14,15). The van der Waals surface area contributed by atoms with Crippen LogP contribution in [0.1, 0.15) is 19.8 Å². The van der Waals surface area contributed by atoms with Crippen LogP contribution in [0.25, 0.3) is 0 Å². The second-order valence-electron chi connectivity index (χ2n) is 4.15. The fourth-order valence-electron chi connectivity index (χ4n) is 1.75. The van der Waals surface area contributed by atoms with E-state index in [9.17, 15) is 4.79 Å². The van der Waals surface area contributed by atoms with Crippen molar-refractivity contribution in [1.82, 2.24) is 9.97 Å². The highest BCUT2D eigenvalue weighted by Crippen LogP contribution is 2.37. The van der Waals surface area contributed by atoms with E-state index >= 15 is 0 Å². The monoisotopic (exact) mass is 303 g/mol. The lowest BCUT2D eigenvalue weighted by atomic mass is 10.1. The van der Waals surface area contributed by atoms with Gasteiger partial charge in [-0.1, -0.05) is 0 Å². The van der Waals surface area contributed by atoms with Gasteiger partial charge in [-0.15, -0.1) is 0 Å². The van der Waals surface area contributed by atoms with Crippen LogP contribution in [0.15, 0.2) is 15.6 Å². The van der Waals surface area contributed by atoms with Gasteiger partial charge >= 0.3 is 0 Å². The molecule has 4 nitrogen and oxygen atoms in total. The first-order chi connectivity index (χ1) is 7.61. The topological polar surface area (TPSA) is 57.8 Å². The first-order valence-electron chi connectivity index (χ1n) is 5.22. The van der Waals surface area contributed by atoms with Gasteiger partial charge in [0, 0.05) is 11.3 Å². The number of nitrogens with one attached hydrogen (secondary N) is 2.